The van der Waals surface area contributed by atoms with Gasteiger partial charge in [-0.2, -0.15) is 4.98 Å². The second-order valence-corrected chi connectivity index (χ2v) is 7.44. The van der Waals surface area contributed by atoms with Crippen molar-refractivity contribution in [2.24, 2.45) is 0 Å². The molecule has 0 saturated heterocycles. The minimum absolute atomic E-state index is 0.0868. The maximum Gasteiger partial charge on any atom is 0.281 e. The molecule has 2 aromatic carbocycles. The first-order valence-electron chi connectivity index (χ1n) is 10.1. The number of nitrogens with one attached hydrogen (secondary N) is 1. The zero-order chi connectivity index (χ0) is 22.1. The predicted octanol–water partition coefficient (Wildman–Crippen LogP) is 2.40. The molecule has 2 amide bonds. The Morgan fingerprint density at radius 2 is 1.97 bits per heavy atom. The highest BCUT2D eigenvalue weighted by atomic mass is 16.5. The molecule has 4 aromatic rings. The Morgan fingerprint density at radius 3 is 2.78 bits per heavy atom. The molecule has 1 aliphatic rings. The number of carbonyl (C=O) groups excluding carboxylic acids is 2. The lowest BCUT2D eigenvalue weighted by Gasteiger charge is -2.26. The second-order valence-electron chi connectivity index (χ2n) is 7.44. The van der Waals surface area contributed by atoms with Crippen LogP contribution < -0.4 is 5.32 Å². The first-order valence-corrected chi connectivity index (χ1v) is 10.1. The third-order valence-electron chi connectivity index (χ3n) is 5.10. The first-order chi connectivity index (χ1) is 15.6. The number of carbonyl (C=O) groups is 2. The fourth-order valence-corrected chi connectivity index (χ4v) is 3.56. The normalized spacial score (nSPS) is 13.2. The smallest absolute Gasteiger partial charge is 0.281 e. The van der Waals surface area contributed by atoms with Crippen LogP contribution in [0.2, 0.25) is 0 Å². The molecule has 0 atom stereocenters. The number of benzene rings is 2. The summed E-state index contributed by atoms with van der Waals surface area (Å²) < 4.78 is 6.86. The summed E-state index contributed by atoms with van der Waals surface area (Å²) in [6.07, 6.45) is 0. The van der Waals surface area contributed by atoms with Crippen molar-refractivity contribution >= 4 is 17.5 Å². The van der Waals surface area contributed by atoms with Gasteiger partial charge in [0.2, 0.25) is 11.7 Å². The van der Waals surface area contributed by atoms with Gasteiger partial charge < -0.3 is 14.7 Å². The number of rotatable bonds is 5. The second kappa shape index (κ2) is 8.06. The molecule has 0 unspecified atom stereocenters. The van der Waals surface area contributed by atoms with E-state index in [1.165, 1.54) is 9.58 Å². The molecule has 5 rings (SSSR count). The molecule has 0 aliphatic carbocycles. The molecule has 3 heterocycles. The number of anilines is 1. The van der Waals surface area contributed by atoms with Crippen LogP contribution in [0.25, 0.3) is 23.0 Å². The monoisotopic (exact) mass is 429 g/mol. The van der Waals surface area contributed by atoms with Gasteiger partial charge in [0.25, 0.3) is 11.8 Å². The van der Waals surface area contributed by atoms with Crippen molar-refractivity contribution in [1.29, 1.82) is 0 Å². The highest BCUT2D eigenvalue weighted by Gasteiger charge is 2.33. The van der Waals surface area contributed by atoms with Crippen LogP contribution >= 0.6 is 0 Å². The van der Waals surface area contributed by atoms with Crippen LogP contribution in [-0.2, 0) is 11.3 Å². The summed E-state index contributed by atoms with van der Waals surface area (Å²) in [7, 11) is 0. The van der Waals surface area contributed by atoms with Crippen molar-refractivity contribution < 1.29 is 14.1 Å². The van der Waals surface area contributed by atoms with Crippen LogP contribution in [0.4, 0.5) is 5.69 Å². The largest absolute Gasteiger partial charge is 0.332 e. The van der Waals surface area contributed by atoms with Gasteiger partial charge in [0, 0.05) is 17.8 Å². The zero-order valence-electron chi connectivity index (χ0n) is 17.2. The Bertz CT molecular complexity index is 1300. The van der Waals surface area contributed by atoms with E-state index in [0.29, 0.717) is 24.6 Å². The van der Waals surface area contributed by atoms with Crippen LogP contribution in [-0.4, -0.2) is 54.9 Å². The van der Waals surface area contributed by atoms with Gasteiger partial charge >= 0.3 is 0 Å². The molecule has 1 aliphatic heterocycles. The van der Waals surface area contributed by atoms with Crippen molar-refractivity contribution in [3.63, 3.8) is 0 Å². The van der Waals surface area contributed by atoms with E-state index in [0.717, 1.165) is 11.1 Å². The van der Waals surface area contributed by atoms with Crippen molar-refractivity contribution in [3.05, 3.63) is 65.9 Å². The highest BCUT2D eigenvalue weighted by molar-refractivity contribution is 6.01. The predicted molar refractivity (Wildman–Crippen MR) is 114 cm³/mol. The van der Waals surface area contributed by atoms with Gasteiger partial charge in [-0.1, -0.05) is 52.8 Å². The van der Waals surface area contributed by atoms with Gasteiger partial charge in [0.15, 0.2) is 11.4 Å². The maximum atomic E-state index is 13.1. The van der Waals surface area contributed by atoms with Crippen LogP contribution in [0.1, 0.15) is 16.1 Å². The van der Waals surface area contributed by atoms with Crippen molar-refractivity contribution in [2.75, 3.05) is 18.4 Å². The quantitative estimate of drug-likeness (QED) is 0.517. The molecular weight excluding hydrogens is 410 g/mol. The fourth-order valence-electron chi connectivity index (χ4n) is 3.56. The van der Waals surface area contributed by atoms with Gasteiger partial charge in [-0.25, -0.2) is 4.68 Å². The van der Waals surface area contributed by atoms with Gasteiger partial charge in [-0.05, 0) is 24.6 Å². The lowest BCUT2D eigenvalue weighted by Crippen LogP contribution is -2.44. The molecule has 0 fully saturated rings. The summed E-state index contributed by atoms with van der Waals surface area (Å²) in [4.78, 5) is 31.5. The van der Waals surface area contributed by atoms with Crippen LogP contribution in [0.15, 0.2) is 59.1 Å². The summed E-state index contributed by atoms with van der Waals surface area (Å²) in [6, 6.07) is 16.8. The first kappa shape index (κ1) is 19.6. The Hall–Kier alpha value is -4.34. The van der Waals surface area contributed by atoms with Crippen LogP contribution in [0.3, 0.4) is 0 Å². The standard InChI is InChI=1S/C22H19N7O3/c1-14-6-5-9-16(12-14)23-17(30)13-28-10-11-29-19(22(28)31)18(25-27-29)21-24-20(26-32-21)15-7-3-2-4-8-15/h2-9,12H,10-11,13H2,1H3,(H,23,30). The average Bonchev–Trinajstić information content (AvgIpc) is 3.44. The fraction of sp³-hybridized carbons (Fsp3) is 0.182. The summed E-state index contributed by atoms with van der Waals surface area (Å²) in [5, 5.41) is 14.9. The Morgan fingerprint density at radius 1 is 1.12 bits per heavy atom. The SMILES string of the molecule is Cc1cccc(NC(=O)CN2CCn3nnc(-c4nc(-c5ccccc5)no4)c3C2=O)c1. The van der Waals surface area contributed by atoms with E-state index in [1.54, 1.807) is 6.07 Å². The Kier molecular flexibility index (Phi) is 4.94. The Labute approximate surface area is 182 Å². The number of aromatic nitrogens is 5. The third-order valence-corrected chi connectivity index (χ3v) is 5.10. The minimum Gasteiger partial charge on any atom is -0.332 e. The van der Waals surface area contributed by atoms with Crippen molar-refractivity contribution in [3.8, 4) is 23.0 Å². The summed E-state index contributed by atoms with van der Waals surface area (Å²) in [5.41, 5.74) is 2.93. The number of hydrogen-bond acceptors (Lipinski definition) is 7. The van der Waals surface area contributed by atoms with Crippen molar-refractivity contribution in [1.82, 2.24) is 30.0 Å². The van der Waals surface area contributed by atoms with E-state index >= 15 is 0 Å². The van der Waals surface area contributed by atoms with Gasteiger partial charge in [0.1, 0.15) is 6.54 Å². The van der Waals surface area contributed by atoms with E-state index in [2.05, 4.69) is 25.8 Å². The molecule has 1 N–H and O–H groups in total. The number of amides is 2. The Balaban J connectivity index is 1.35. The topological polar surface area (TPSA) is 119 Å². The number of aryl methyl sites for hydroxylation is 1. The van der Waals surface area contributed by atoms with E-state index in [-0.39, 0.29) is 35.6 Å². The van der Waals surface area contributed by atoms with Crippen molar-refractivity contribution in [2.45, 2.75) is 13.5 Å². The third kappa shape index (κ3) is 3.73. The lowest BCUT2D eigenvalue weighted by atomic mass is 10.2. The van der Waals surface area contributed by atoms with Gasteiger partial charge in [-0.3, -0.25) is 9.59 Å². The number of hydrogen-bond donors (Lipinski definition) is 1. The molecule has 10 heteroatoms. The molecular formula is C22H19N7O3. The molecule has 32 heavy (non-hydrogen) atoms. The lowest BCUT2D eigenvalue weighted by molar-refractivity contribution is -0.117. The summed E-state index contributed by atoms with van der Waals surface area (Å²) >= 11 is 0. The molecule has 0 saturated carbocycles. The summed E-state index contributed by atoms with van der Waals surface area (Å²) in [6.45, 7) is 2.61. The minimum atomic E-state index is -0.366. The average molecular weight is 429 g/mol. The number of nitrogens with zero attached hydrogens (tertiary/aromatic N) is 6. The molecule has 10 nitrogen and oxygen atoms in total. The van der Waals surface area contributed by atoms with E-state index in [4.69, 9.17) is 4.52 Å². The zero-order valence-corrected chi connectivity index (χ0v) is 17.2. The van der Waals surface area contributed by atoms with Crippen LogP contribution in [0.5, 0.6) is 0 Å². The van der Waals surface area contributed by atoms with Gasteiger partial charge in [-0.15, -0.1) is 5.10 Å². The highest BCUT2D eigenvalue weighted by Crippen LogP contribution is 2.26. The van der Waals surface area contributed by atoms with Gasteiger partial charge in [0.05, 0.1) is 6.54 Å². The molecule has 0 bridgehead atoms. The maximum absolute atomic E-state index is 13.1. The van der Waals surface area contributed by atoms with Crippen LogP contribution in [0, 0.1) is 6.92 Å². The number of fused-ring (bicyclic) bond motifs is 1. The molecule has 160 valence electrons. The molecule has 0 radical (unpaired) electrons. The molecule has 2 aromatic heterocycles. The van der Waals surface area contributed by atoms with E-state index in [1.807, 2.05) is 55.5 Å². The molecule has 0 spiro atoms. The van der Waals surface area contributed by atoms with E-state index < -0.39 is 0 Å². The van der Waals surface area contributed by atoms with E-state index in [9.17, 15) is 9.59 Å². The summed E-state index contributed by atoms with van der Waals surface area (Å²) in [5.74, 6) is -0.157.